The summed E-state index contributed by atoms with van der Waals surface area (Å²) in [5.74, 6) is -0.0872. The van der Waals surface area contributed by atoms with Crippen LogP contribution in [0.4, 0.5) is 0 Å². The lowest BCUT2D eigenvalue weighted by atomic mass is 9.98. The van der Waals surface area contributed by atoms with Crippen LogP contribution in [0, 0.1) is 5.92 Å². The molecule has 1 atom stereocenters. The van der Waals surface area contributed by atoms with E-state index in [1.165, 1.54) is 31.1 Å². The molecule has 1 fully saturated rings. The predicted molar refractivity (Wildman–Crippen MR) is 70.8 cm³/mol. The highest BCUT2D eigenvalue weighted by Crippen LogP contribution is 2.21. The van der Waals surface area contributed by atoms with Crippen molar-refractivity contribution >= 4 is 17.7 Å². The first-order chi connectivity index (χ1) is 8.65. The molecule has 0 radical (unpaired) electrons. The first-order valence-electron chi connectivity index (χ1n) is 6.19. The highest BCUT2D eigenvalue weighted by atomic mass is 32.2. The van der Waals surface area contributed by atoms with Gasteiger partial charge in [-0.15, -0.1) is 0 Å². The number of aromatic nitrogens is 2. The van der Waals surface area contributed by atoms with Gasteiger partial charge < -0.3 is 14.6 Å². The van der Waals surface area contributed by atoms with Crippen molar-refractivity contribution in [1.29, 1.82) is 0 Å². The van der Waals surface area contributed by atoms with Crippen LogP contribution < -0.4 is 0 Å². The molecule has 1 aliphatic heterocycles. The second-order valence-electron chi connectivity index (χ2n) is 4.82. The molecular formula is C12H19N3O2S. The van der Waals surface area contributed by atoms with Gasteiger partial charge in [0.2, 0.25) is 0 Å². The molecule has 1 aliphatic rings. The van der Waals surface area contributed by atoms with E-state index in [1.807, 2.05) is 6.20 Å². The summed E-state index contributed by atoms with van der Waals surface area (Å²) < 4.78 is 2.08. The molecule has 1 aromatic rings. The fourth-order valence-corrected chi connectivity index (χ4v) is 3.09. The standard InChI is InChI=1S/C12H19N3O2S/c1-14-5-2-3-10(7-14)8-15-6-4-13-12(15)18-9-11(16)17/h4,6,10H,2-3,5,7-9H2,1H3,(H,16,17). The Kier molecular flexibility index (Phi) is 4.66. The van der Waals surface area contributed by atoms with Crippen LogP contribution in [-0.2, 0) is 11.3 Å². The minimum Gasteiger partial charge on any atom is -0.481 e. The molecule has 2 heterocycles. The molecule has 0 aliphatic carbocycles. The molecule has 1 unspecified atom stereocenters. The number of likely N-dealkylation sites (tertiary alicyclic amines) is 1. The van der Waals surface area contributed by atoms with Crippen LogP contribution in [0.25, 0.3) is 0 Å². The van der Waals surface area contributed by atoms with Crippen molar-refractivity contribution in [2.24, 2.45) is 5.92 Å². The highest BCUT2D eigenvalue weighted by Gasteiger charge is 2.18. The number of carboxylic acids is 1. The van der Waals surface area contributed by atoms with Gasteiger partial charge >= 0.3 is 5.97 Å². The fraction of sp³-hybridized carbons (Fsp3) is 0.667. The number of carbonyl (C=O) groups is 1. The number of nitrogens with zero attached hydrogens (tertiary/aromatic N) is 3. The Hall–Kier alpha value is -1.01. The summed E-state index contributed by atoms with van der Waals surface area (Å²) in [6.07, 6.45) is 6.18. The molecule has 6 heteroatoms. The smallest absolute Gasteiger partial charge is 0.313 e. The van der Waals surface area contributed by atoms with Crippen molar-refractivity contribution in [3.63, 3.8) is 0 Å². The van der Waals surface area contributed by atoms with E-state index in [1.54, 1.807) is 6.20 Å². The van der Waals surface area contributed by atoms with E-state index in [0.717, 1.165) is 18.2 Å². The zero-order valence-electron chi connectivity index (χ0n) is 10.6. The van der Waals surface area contributed by atoms with E-state index in [-0.39, 0.29) is 5.75 Å². The van der Waals surface area contributed by atoms with E-state index in [4.69, 9.17) is 5.11 Å². The van der Waals surface area contributed by atoms with E-state index in [2.05, 4.69) is 21.5 Å². The van der Waals surface area contributed by atoms with Gasteiger partial charge in [-0.25, -0.2) is 4.98 Å². The zero-order valence-corrected chi connectivity index (χ0v) is 11.4. The summed E-state index contributed by atoms with van der Waals surface area (Å²) in [5.41, 5.74) is 0. The van der Waals surface area contributed by atoms with Gasteiger partial charge in [0.25, 0.3) is 0 Å². The molecule has 0 spiro atoms. The molecule has 1 aromatic heterocycles. The number of thioether (sulfide) groups is 1. The van der Waals surface area contributed by atoms with Gasteiger partial charge in [0, 0.05) is 25.5 Å². The van der Waals surface area contributed by atoms with Crippen molar-refractivity contribution < 1.29 is 9.90 Å². The monoisotopic (exact) mass is 269 g/mol. The lowest BCUT2D eigenvalue weighted by Gasteiger charge is -2.30. The Morgan fingerprint density at radius 2 is 2.50 bits per heavy atom. The number of piperidine rings is 1. The summed E-state index contributed by atoms with van der Waals surface area (Å²) in [7, 11) is 2.15. The van der Waals surface area contributed by atoms with E-state index < -0.39 is 5.97 Å². The second kappa shape index (κ2) is 6.24. The average Bonchev–Trinajstić information content (AvgIpc) is 2.74. The highest BCUT2D eigenvalue weighted by molar-refractivity contribution is 7.99. The van der Waals surface area contributed by atoms with Crippen LogP contribution in [0.15, 0.2) is 17.6 Å². The molecule has 0 bridgehead atoms. The molecule has 0 amide bonds. The van der Waals surface area contributed by atoms with Gasteiger partial charge in [0.15, 0.2) is 5.16 Å². The Labute approximate surface area is 111 Å². The minimum atomic E-state index is -0.799. The maximum absolute atomic E-state index is 10.6. The average molecular weight is 269 g/mol. The lowest BCUT2D eigenvalue weighted by molar-refractivity contribution is -0.133. The van der Waals surface area contributed by atoms with Crippen molar-refractivity contribution in [3.05, 3.63) is 12.4 Å². The number of aliphatic carboxylic acids is 1. The molecular weight excluding hydrogens is 250 g/mol. The fourth-order valence-electron chi connectivity index (χ4n) is 2.40. The topological polar surface area (TPSA) is 58.4 Å². The van der Waals surface area contributed by atoms with Gasteiger partial charge in [-0.2, -0.15) is 0 Å². The largest absolute Gasteiger partial charge is 0.481 e. The summed E-state index contributed by atoms with van der Waals surface area (Å²) in [4.78, 5) is 17.2. The number of hydrogen-bond acceptors (Lipinski definition) is 4. The Bertz CT molecular complexity index is 408. The van der Waals surface area contributed by atoms with Crippen LogP contribution in [0.3, 0.4) is 0 Å². The number of hydrogen-bond donors (Lipinski definition) is 1. The quantitative estimate of drug-likeness (QED) is 0.819. The number of carboxylic acid groups (broad SMARTS) is 1. The normalized spacial score (nSPS) is 21.1. The van der Waals surface area contributed by atoms with Crippen molar-refractivity contribution in [1.82, 2.24) is 14.5 Å². The zero-order chi connectivity index (χ0) is 13.0. The van der Waals surface area contributed by atoms with Crippen LogP contribution in [0.1, 0.15) is 12.8 Å². The minimum absolute atomic E-state index is 0.0710. The summed E-state index contributed by atoms with van der Waals surface area (Å²) in [6.45, 7) is 3.23. The van der Waals surface area contributed by atoms with E-state index in [9.17, 15) is 4.79 Å². The molecule has 0 saturated carbocycles. The molecule has 0 aromatic carbocycles. The Morgan fingerprint density at radius 3 is 3.22 bits per heavy atom. The maximum Gasteiger partial charge on any atom is 0.313 e. The summed E-state index contributed by atoms with van der Waals surface area (Å²) >= 11 is 1.29. The molecule has 5 nitrogen and oxygen atoms in total. The molecule has 18 heavy (non-hydrogen) atoms. The van der Waals surface area contributed by atoms with E-state index in [0.29, 0.717) is 5.92 Å². The Balaban J connectivity index is 1.92. The molecule has 1 saturated heterocycles. The van der Waals surface area contributed by atoms with Gasteiger partial charge in [-0.05, 0) is 32.4 Å². The third-order valence-corrected chi connectivity index (χ3v) is 4.17. The number of imidazole rings is 1. The molecule has 1 N–H and O–H groups in total. The van der Waals surface area contributed by atoms with Gasteiger partial charge in [0.1, 0.15) is 0 Å². The van der Waals surface area contributed by atoms with Crippen LogP contribution in [0.5, 0.6) is 0 Å². The van der Waals surface area contributed by atoms with Crippen LogP contribution in [-0.4, -0.2) is 51.4 Å². The first-order valence-corrected chi connectivity index (χ1v) is 7.18. The number of rotatable bonds is 5. The van der Waals surface area contributed by atoms with Crippen molar-refractivity contribution in [2.75, 3.05) is 25.9 Å². The lowest BCUT2D eigenvalue weighted by Crippen LogP contribution is -2.34. The van der Waals surface area contributed by atoms with Gasteiger partial charge in [-0.1, -0.05) is 11.8 Å². The second-order valence-corrected chi connectivity index (χ2v) is 5.76. The van der Waals surface area contributed by atoms with Crippen molar-refractivity contribution in [3.8, 4) is 0 Å². The van der Waals surface area contributed by atoms with Gasteiger partial charge in [0.05, 0.1) is 5.75 Å². The SMILES string of the molecule is CN1CCCC(Cn2ccnc2SCC(=O)O)C1. The summed E-state index contributed by atoms with van der Waals surface area (Å²) in [6, 6.07) is 0. The molecule has 2 rings (SSSR count). The third kappa shape index (κ3) is 3.74. The predicted octanol–water partition coefficient (Wildman–Crippen LogP) is 1.40. The Morgan fingerprint density at radius 1 is 1.67 bits per heavy atom. The van der Waals surface area contributed by atoms with E-state index >= 15 is 0 Å². The molecule has 100 valence electrons. The van der Waals surface area contributed by atoms with Crippen LogP contribution >= 0.6 is 11.8 Å². The van der Waals surface area contributed by atoms with Gasteiger partial charge in [-0.3, -0.25) is 4.79 Å². The van der Waals surface area contributed by atoms with Crippen LogP contribution in [0.2, 0.25) is 0 Å². The van der Waals surface area contributed by atoms with Crippen molar-refractivity contribution in [2.45, 2.75) is 24.5 Å². The summed E-state index contributed by atoms with van der Waals surface area (Å²) in [5, 5.41) is 9.51. The first kappa shape index (κ1) is 13.4. The third-order valence-electron chi connectivity index (χ3n) is 3.18. The maximum atomic E-state index is 10.6.